The number of halogens is 1. The monoisotopic (exact) mass is 595 g/mol. The number of ether oxygens (including phenoxy) is 2. The Hall–Kier alpha value is -5.17. The third kappa shape index (κ3) is 8.01. The van der Waals surface area contributed by atoms with E-state index >= 15 is 0 Å². The lowest BCUT2D eigenvalue weighted by molar-refractivity contribution is 0.273. The van der Waals surface area contributed by atoms with Gasteiger partial charge in [-0.05, 0) is 52.9 Å². The van der Waals surface area contributed by atoms with Crippen LogP contribution < -0.4 is 20.7 Å². The van der Waals surface area contributed by atoms with Crippen LogP contribution in [0.4, 0.5) is 4.39 Å². The van der Waals surface area contributed by atoms with Crippen LogP contribution in [0.5, 0.6) is 11.5 Å². The zero-order valence-corrected chi connectivity index (χ0v) is 23.0. The van der Waals surface area contributed by atoms with Crippen molar-refractivity contribution < 1.29 is 22.7 Å². The van der Waals surface area contributed by atoms with Crippen LogP contribution in [0.1, 0.15) is 28.2 Å². The molecule has 2 aromatic heterocycles. The predicted molar refractivity (Wildman–Crippen MR) is 177 cm³/mol. The van der Waals surface area contributed by atoms with Crippen LogP contribution in [0.3, 0.4) is 0 Å². The van der Waals surface area contributed by atoms with Crippen LogP contribution in [-0.4, -0.2) is 19.9 Å². The van der Waals surface area contributed by atoms with E-state index in [9.17, 15) is 14.0 Å². The zero-order chi connectivity index (χ0) is 29.3. The van der Waals surface area contributed by atoms with Crippen molar-refractivity contribution in [2.24, 2.45) is 0 Å². The largest absolute Gasteiger partial charge is 0.493 e. The molecule has 4 aromatic carbocycles. The normalized spacial score (nSPS) is 10.2. The molecule has 0 aliphatic heterocycles. The first-order valence-corrected chi connectivity index (χ1v) is 13.6. The minimum Gasteiger partial charge on any atom is -0.493 e. The lowest BCUT2D eigenvalue weighted by Crippen LogP contribution is -2.00. The molecule has 0 saturated heterocycles. The summed E-state index contributed by atoms with van der Waals surface area (Å²) in [6, 6.07) is 33.2. The molecule has 0 saturated carbocycles. The molecule has 0 radical (unpaired) electrons. The number of alkyl halides is 1. The predicted octanol–water partition coefficient (Wildman–Crippen LogP) is 9.33. The maximum absolute atomic E-state index is 12.1. The van der Waals surface area contributed by atoms with Gasteiger partial charge in [0.25, 0.3) is 0 Å². The second kappa shape index (κ2) is 15.9. The van der Waals surface area contributed by atoms with Crippen LogP contribution in [-0.2, 0) is 0 Å². The number of fused-ring (bicyclic) bond motifs is 2. The fourth-order valence-electron chi connectivity index (χ4n) is 4.56. The molecule has 0 amide bonds. The van der Waals surface area contributed by atoms with Crippen molar-refractivity contribution in [2.45, 2.75) is 28.2 Å². The van der Waals surface area contributed by atoms with E-state index in [1.54, 1.807) is 18.2 Å². The molecule has 0 N–H and O–H groups in total. The van der Waals surface area contributed by atoms with Crippen molar-refractivity contribution in [3.8, 4) is 33.8 Å². The van der Waals surface area contributed by atoms with E-state index in [2.05, 4.69) is 6.92 Å². The standard InChI is InChI=1S/C18H16O3.C17H13FO3.2CH4/c1-2-10-20-14-8-9-15-16(13-6-4-3-5-7-13)12-18(19)21-17(15)11-14;18-8-9-20-13-6-7-14-15(12-4-2-1-3-5-12)11-17(19)21-16(14)10-13;;/h3-9,11-12H,2,10H2,1H3;1-7,10-11H,8-9H2;2*1H4/i;18-1;;. The lowest BCUT2D eigenvalue weighted by Gasteiger charge is -2.08. The maximum atomic E-state index is 12.1. The van der Waals surface area contributed by atoms with Gasteiger partial charge in [-0.15, -0.1) is 0 Å². The maximum Gasteiger partial charge on any atom is 0.336 e. The Kier molecular flexibility index (Phi) is 12.0. The molecule has 2 heterocycles. The first kappa shape index (κ1) is 33.3. The van der Waals surface area contributed by atoms with Gasteiger partial charge in [-0.2, -0.15) is 0 Å². The van der Waals surface area contributed by atoms with Gasteiger partial charge < -0.3 is 18.3 Å². The van der Waals surface area contributed by atoms with E-state index < -0.39 is 12.3 Å². The molecule has 0 fully saturated rings. The van der Waals surface area contributed by atoms with Gasteiger partial charge in [-0.1, -0.05) is 82.4 Å². The van der Waals surface area contributed by atoms with Crippen molar-refractivity contribution in [1.82, 2.24) is 0 Å². The van der Waals surface area contributed by atoms with E-state index in [-0.39, 0.29) is 27.1 Å². The summed E-state index contributed by atoms with van der Waals surface area (Å²) in [5.74, 6) is 1.20. The Bertz CT molecular complexity index is 1750. The van der Waals surface area contributed by atoms with E-state index in [4.69, 9.17) is 18.3 Å². The lowest BCUT2D eigenvalue weighted by atomic mass is 10.0. The van der Waals surface area contributed by atoms with Gasteiger partial charge in [0.1, 0.15) is 35.9 Å². The Morgan fingerprint density at radius 3 is 1.43 bits per heavy atom. The summed E-state index contributed by atoms with van der Waals surface area (Å²) in [7, 11) is 0. The summed E-state index contributed by atoms with van der Waals surface area (Å²) in [6.45, 7) is 2.11. The molecule has 0 atom stereocenters. The topological polar surface area (TPSA) is 78.9 Å². The highest BCUT2D eigenvalue weighted by Gasteiger charge is 2.10. The summed E-state index contributed by atoms with van der Waals surface area (Å²) in [6.07, 6.45) is 0.937. The third-order valence-corrected chi connectivity index (χ3v) is 6.42. The van der Waals surface area contributed by atoms with Gasteiger partial charge in [0.05, 0.1) is 6.61 Å². The first-order chi connectivity index (χ1) is 20.6. The summed E-state index contributed by atoms with van der Waals surface area (Å²) in [5.41, 5.74) is 3.82. The van der Waals surface area contributed by atoms with Gasteiger partial charge in [-0.3, -0.25) is 0 Å². The van der Waals surface area contributed by atoms with Gasteiger partial charge in [0.2, 0.25) is 0 Å². The molecule has 6 nitrogen and oxygen atoms in total. The molecule has 0 aliphatic carbocycles. The Balaban J connectivity index is 0.000000230. The molecule has 0 bridgehead atoms. The molecular formula is C37H37FO6. The van der Waals surface area contributed by atoms with Gasteiger partial charge >= 0.3 is 11.3 Å². The van der Waals surface area contributed by atoms with Gasteiger partial charge in [0.15, 0.2) is 0 Å². The van der Waals surface area contributed by atoms with Gasteiger partial charge in [-0.25, -0.2) is 14.0 Å². The van der Waals surface area contributed by atoms with E-state index in [1.807, 2.05) is 78.9 Å². The summed E-state index contributed by atoms with van der Waals surface area (Å²) >= 11 is 0. The molecule has 0 unspecified atom stereocenters. The number of hydrogen-bond donors (Lipinski definition) is 0. The minimum atomic E-state index is -0.563. The Morgan fingerprint density at radius 2 is 1.02 bits per heavy atom. The summed E-state index contributed by atoms with van der Waals surface area (Å²) < 4.78 is 33.5. The van der Waals surface area contributed by atoms with Crippen LogP contribution in [0.25, 0.3) is 44.2 Å². The number of rotatable bonds is 8. The van der Waals surface area contributed by atoms with Crippen molar-refractivity contribution in [2.75, 3.05) is 19.9 Å². The van der Waals surface area contributed by atoms with Crippen molar-refractivity contribution in [1.29, 1.82) is 0 Å². The molecule has 6 aromatic rings. The SMILES string of the molecule is C.C.CCCOc1ccc2c(-c3ccccc3)cc(=O)oc2c1.O=c1cc(-c2ccccc2)c2ccc(OCC[18F])cc2o1. The van der Waals surface area contributed by atoms with E-state index in [1.165, 1.54) is 12.1 Å². The highest BCUT2D eigenvalue weighted by molar-refractivity contribution is 5.94. The summed E-state index contributed by atoms with van der Waals surface area (Å²) in [5, 5.41) is 1.72. The quantitative estimate of drug-likeness (QED) is 0.163. The highest BCUT2D eigenvalue weighted by Crippen LogP contribution is 2.30. The molecule has 6 rings (SSSR count). The van der Waals surface area contributed by atoms with Crippen LogP contribution in [0.2, 0.25) is 0 Å². The molecular weight excluding hydrogens is 558 g/mol. The van der Waals surface area contributed by atoms with E-state index in [0.29, 0.717) is 23.5 Å². The van der Waals surface area contributed by atoms with Crippen molar-refractivity contribution >= 4 is 21.9 Å². The molecule has 228 valence electrons. The Morgan fingerprint density at radius 1 is 0.591 bits per heavy atom. The second-order valence-corrected chi connectivity index (χ2v) is 9.39. The third-order valence-electron chi connectivity index (χ3n) is 6.42. The number of benzene rings is 4. The fourth-order valence-corrected chi connectivity index (χ4v) is 4.56. The smallest absolute Gasteiger partial charge is 0.336 e. The average molecular weight is 596 g/mol. The van der Waals surface area contributed by atoms with Crippen molar-refractivity contribution in [3.63, 3.8) is 0 Å². The molecule has 44 heavy (non-hydrogen) atoms. The second-order valence-electron chi connectivity index (χ2n) is 9.39. The Labute approximate surface area is 256 Å². The molecule has 0 aliphatic rings. The zero-order valence-electron chi connectivity index (χ0n) is 23.0. The first-order valence-electron chi connectivity index (χ1n) is 13.6. The van der Waals surface area contributed by atoms with Crippen LogP contribution in [0.15, 0.2) is 128 Å². The van der Waals surface area contributed by atoms with Crippen molar-refractivity contribution in [3.05, 3.63) is 130 Å². The molecule has 7 heteroatoms. The fraction of sp³-hybridized carbons (Fsp3) is 0.189. The highest BCUT2D eigenvalue weighted by atomic mass is 18.2. The van der Waals surface area contributed by atoms with Gasteiger partial charge in [0, 0.05) is 35.0 Å². The average Bonchev–Trinajstić information content (AvgIpc) is 3.02. The number of hydrogen-bond acceptors (Lipinski definition) is 6. The summed E-state index contributed by atoms with van der Waals surface area (Å²) in [4.78, 5) is 23.5. The van der Waals surface area contributed by atoms with E-state index in [0.717, 1.165) is 45.2 Å². The van der Waals surface area contributed by atoms with Crippen LogP contribution in [0, 0.1) is 0 Å². The minimum absolute atomic E-state index is 0. The molecule has 0 spiro atoms. The van der Waals surface area contributed by atoms with Crippen LogP contribution >= 0.6 is 0 Å².